The summed E-state index contributed by atoms with van der Waals surface area (Å²) in [4.78, 5) is 27.8. The summed E-state index contributed by atoms with van der Waals surface area (Å²) in [6.45, 7) is 0. The van der Waals surface area contributed by atoms with Gasteiger partial charge in [0, 0.05) is 36.4 Å². The fourth-order valence-corrected chi connectivity index (χ4v) is 4.51. The molecule has 36 heavy (non-hydrogen) atoms. The maximum atomic E-state index is 12.2. The lowest BCUT2D eigenvalue weighted by Gasteiger charge is -2.07. The second-order valence-electron chi connectivity index (χ2n) is 8.70. The Labute approximate surface area is 211 Å². The number of anilines is 2. The van der Waals surface area contributed by atoms with E-state index in [-0.39, 0.29) is 11.8 Å². The van der Waals surface area contributed by atoms with Gasteiger partial charge in [0.25, 0.3) is 11.8 Å². The third-order valence-electron chi connectivity index (χ3n) is 6.40. The van der Waals surface area contributed by atoms with E-state index in [1.54, 1.807) is 9.80 Å². The van der Waals surface area contributed by atoms with Gasteiger partial charge in [0.05, 0.1) is 11.4 Å². The van der Waals surface area contributed by atoms with Crippen molar-refractivity contribution in [2.75, 3.05) is 23.9 Å². The normalized spacial score (nSPS) is 16.2. The molecule has 4 aromatic carbocycles. The fourth-order valence-electron chi connectivity index (χ4n) is 4.51. The summed E-state index contributed by atoms with van der Waals surface area (Å²) in [5, 5.41) is 0. The molecule has 0 fully saturated rings. The lowest BCUT2D eigenvalue weighted by atomic mass is 10.0. The number of benzene rings is 4. The van der Waals surface area contributed by atoms with Crippen LogP contribution in [0.2, 0.25) is 0 Å². The number of para-hydroxylation sites is 2. The highest BCUT2D eigenvalue weighted by Crippen LogP contribution is 2.37. The Hall–Kier alpha value is -4.70. The van der Waals surface area contributed by atoms with Gasteiger partial charge in [0.2, 0.25) is 0 Å². The molecule has 0 aliphatic carbocycles. The Morgan fingerprint density at radius 2 is 0.806 bits per heavy atom. The van der Waals surface area contributed by atoms with E-state index >= 15 is 0 Å². The summed E-state index contributed by atoms with van der Waals surface area (Å²) in [6.07, 6.45) is 3.90. The van der Waals surface area contributed by atoms with Crippen molar-refractivity contribution < 1.29 is 9.59 Å². The van der Waals surface area contributed by atoms with Crippen molar-refractivity contribution in [3.63, 3.8) is 0 Å². The summed E-state index contributed by atoms with van der Waals surface area (Å²) in [6, 6.07) is 35.6. The maximum absolute atomic E-state index is 12.2. The van der Waals surface area contributed by atoms with Crippen LogP contribution < -0.4 is 9.80 Å². The molecule has 2 aliphatic rings. The van der Waals surface area contributed by atoms with Crippen LogP contribution in [0.3, 0.4) is 0 Å². The molecule has 0 spiro atoms. The van der Waals surface area contributed by atoms with Gasteiger partial charge in [-0.05, 0) is 35.4 Å². The number of fused-ring (bicyclic) bond motifs is 2. The van der Waals surface area contributed by atoms with E-state index in [0.29, 0.717) is 0 Å². The van der Waals surface area contributed by atoms with Crippen LogP contribution >= 0.6 is 0 Å². The van der Waals surface area contributed by atoms with Crippen molar-refractivity contribution >= 4 is 46.5 Å². The van der Waals surface area contributed by atoms with Gasteiger partial charge in [-0.3, -0.25) is 9.59 Å². The zero-order chi connectivity index (χ0) is 25.1. The van der Waals surface area contributed by atoms with E-state index in [9.17, 15) is 9.59 Å². The van der Waals surface area contributed by atoms with Gasteiger partial charge in [0.1, 0.15) is 0 Å². The van der Waals surface area contributed by atoms with Crippen molar-refractivity contribution in [2.45, 2.75) is 0 Å². The van der Waals surface area contributed by atoms with Crippen LogP contribution in [0, 0.1) is 0 Å². The lowest BCUT2D eigenvalue weighted by Crippen LogP contribution is -2.20. The van der Waals surface area contributed by atoms with Crippen molar-refractivity contribution in [1.29, 1.82) is 0 Å². The third kappa shape index (κ3) is 4.37. The van der Waals surface area contributed by atoms with Crippen molar-refractivity contribution in [3.8, 4) is 0 Å². The molecule has 176 valence electrons. The van der Waals surface area contributed by atoms with Crippen LogP contribution in [-0.4, -0.2) is 25.9 Å². The topological polar surface area (TPSA) is 40.6 Å². The van der Waals surface area contributed by atoms with Crippen molar-refractivity contribution in [3.05, 3.63) is 131 Å². The highest BCUT2D eigenvalue weighted by Gasteiger charge is 2.29. The average Bonchev–Trinajstić information content (AvgIpc) is 3.31. The van der Waals surface area contributed by atoms with Gasteiger partial charge in [-0.15, -0.1) is 0 Å². The molecule has 0 radical (unpaired) electrons. The number of hydrogen-bond donors (Lipinski definition) is 0. The predicted molar refractivity (Wildman–Crippen MR) is 148 cm³/mol. The van der Waals surface area contributed by atoms with Gasteiger partial charge in [-0.2, -0.15) is 0 Å². The fraction of sp³-hybridized carbons (Fsp3) is 0.0625. The van der Waals surface area contributed by atoms with E-state index in [2.05, 4.69) is 0 Å². The molecule has 2 amide bonds. The minimum absolute atomic E-state index is 0.0556. The molecule has 0 saturated heterocycles. The van der Waals surface area contributed by atoms with Gasteiger partial charge < -0.3 is 9.80 Å². The van der Waals surface area contributed by atoms with Crippen LogP contribution in [0.5, 0.6) is 0 Å². The molecule has 0 saturated carbocycles. The maximum Gasteiger partial charge on any atom is 0.258 e. The molecule has 0 atom stereocenters. The smallest absolute Gasteiger partial charge is 0.258 e. The van der Waals surface area contributed by atoms with Crippen LogP contribution in [0.15, 0.2) is 109 Å². The SMILES string of the molecule is CN1C(=O)/C(=C\c2ccccc2)c2ccccc21.CN1C(=O)/C(=C\c2ccccc2)c2ccccc21. The molecule has 0 unspecified atom stereocenters. The molecule has 0 bridgehead atoms. The summed E-state index contributed by atoms with van der Waals surface area (Å²) in [5.74, 6) is 0.111. The van der Waals surface area contributed by atoms with Crippen molar-refractivity contribution in [1.82, 2.24) is 0 Å². The molecular weight excluding hydrogens is 444 g/mol. The number of carbonyl (C=O) groups excluding carboxylic acids is 2. The van der Waals surface area contributed by atoms with Crippen LogP contribution in [0.1, 0.15) is 22.3 Å². The summed E-state index contributed by atoms with van der Waals surface area (Å²) in [5.41, 5.74) is 7.59. The van der Waals surface area contributed by atoms with Crippen LogP contribution in [0.4, 0.5) is 11.4 Å². The second kappa shape index (κ2) is 9.88. The van der Waals surface area contributed by atoms with Gasteiger partial charge >= 0.3 is 0 Å². The molecule has 4 nitrogen and oxygen atoms in total. The van der Waals surface area contributed by atoms with E-state index in [0.717, 1.165) is 44.8 Å². The summed E-state index contributed by atoms with van der Waals surface area (Å²) < 4.78 is 0. The summed E-state index contributed by atoms with van der Waals surface area (Å²) in [7, 11) is 3.62. The first-order valence-corrected chi connectivity index (χ1v) is 11.8. The Kier molecular flexibility index (Phi) is 6.33. The number of amides is 2. The molecule has 6 rings (SSSR count). The Bertz CT molecular complexity index is 1370. The lowest BCUT2D eigenvalue weighted by molar-refractivity contribution is -0.113. The first-order chi connectivity index (χ1) is 17.5. The largest absolute Gasteiger partial charge is 0.311 e. The highest BCUT2D eigenvalue weighted by atomic mass is 16.2. The quantitative estimate of drug-likeness (QED) is 0.318. The number of carbonyl (C=O) groups is 2. The van der Waals surface area contributed by atoms with E-state index in [4.69, 9.17) is 0 Å². The number of likely N-dealkylation sites (N-methyl/N-ethyl adjacent to an activating group) is 2. The monoisotopic (exact) mass is 470 g/mol. The zero-order valence-electron chi connectivity index (χ0n) is 20.3. The first-order valence-electron chi connectivity index (χ1n) is 11.8. The average molecular weight is 471 g/mol. The molecule has 2 heterocycles. The van der Waals surface area contributed by atoms with E-state index in [1.165, 1.54) is 0 Å². The minimum atomic E-state index is 0.0556. The first kappa shape index (κ1) is 23.1. The van der Waals surface area contributed by atoms with Gasteiger partial charge in [0.15, 0.2) is 0 Å². The number of nitrogens with zero attached hydrogens (tertiary/aromatic N) is 2. The van der Waals surface area contributed by atoms with E-state index < -0.39 is 0 Å². The molecular formula is C32H26N2O2. The Balaban J connectivity index is 0.000000148. The zero-order valence-corrected chi connectivity index (χ0v) is 20.3. The number of rotatable bonds is 2. The van der Waals surface area contributed by atoms with Gasteiger partial charge in [-0.25, -0.2) is 0 Å². The summed E-state index contributed by atoms with van der Waals surface area (Å²) >= 11 is 0. The Morgan fingerprint density at radius 3 is 1.19 bits per heavy atom. The van der Waals surface area contributed by atoms with Crippen LogP contribution in [-0.2, 0) is 9.59 Å². The van der Waals surface area contributed by atoms with Crippen LogP contribution in [0.25, 0.3) is 23.3 Å². The molecule has 0 N–H and O–H groups in total. The molecule has 2 aliphatic heterocycles. The highest BCUT2D eigenvalue weighted by molar-refractivity contribution is 6.36. The predicted octanol–water partition coefficient (Wildman–Crippen LogP) is 6.41. The third-order valence-corrected chi connectivity index (χ3v) is 6.40. The van der Waals surface area contributed by atoms with Crippen molar-refractivity contribution in [2.24, 2.45) is 0 Å². The number of hydrogen-bond acceptors (Lipinski definition) is 2. The molecule has 4 heteroatoms. The molecule has 4 aromatic rings. The second-order valence-corrected chi connectivity index (χ2v) is 8.70. The molecule has 0 aromatic heterocycles. The Morgan fingerprint density at radius 1 is 0.472 bits per heavy atom. The standard InChI is InChI=1S/2C16H13NO/c2*1-17-15-10-6-5-9-13(15)14(16(17)18)11-12-7-3-2-4-8-12/h2*2-11H,1H3/b2*14-11-. The van der Waals surface area contributed by atoms with Gasteiger partial charge in [-0.1, -0.05) is 97.1 Å². The van der Waals surface area contributed by atoms with E-state index in [1.807, 2.05) is 135 Å². The minimum Gasteiger partial charge on any atom is -0.311 e.